The molecule has 0 spiro atoms. The van der Waals surface area contributed by atoms with E-state index in [1.807, 2.05) is 0 Å². The molecule has 0 bridgehead atoms. The van der Waals surface area contributed by atoms with Gasteiger partial charge >= 0.3 is 11.7 Å². The van der Waals surface area contributed by atoms with Crippen LogP contribution in [0.3, 0.4) is 0 Å². The highest BCUT2D eigenvalue weighted by molar-refractivity contribution is 5.88. The number of anilines is 3. The van der Waals surface area contributed by atoms with E-state index in [0.29, 0.717) is 5.69 Å². The van der Waals surface area contributed by atoms with Crippen molar-refractivity contribution < 1.29 is 14.3 Å². The average molecular weight is 250 g/mol. The molecular formula is C10H10N4O4. The quantitative estimate of drug-likeness (QED) is 0.570. The van der Waals surface area contributed by atoms with Gasteiger partial charge in [0.25, 0.3) is 0 Å². The molecule has 8 nitrogen and oxygen atoms in total. The highest BCUT2D eigenvalue weighted by Gasteiger charge is 2.12. The highest BCUT2D eigenvalue weighted by Crippen LogP contribution is 2.20. The monoisotopic (exact) mass is 250 g/mol. The van der Waals surface area contributed by atoms with Crippen LogP contribution in [0.5, 0.6) is 0 Å². The van der Waals surface area contributed by atoms with Crippen molar-refractivity contribution in [2.24, 2.45) is 0 Å². The molecule has 94 valence electrons. The van der Waals surface area contributed by atoms with Gasteiger partial charge in [0.05, 0.1) is 5.56 Å². The molecule has 18 heavy (non-hydrogen) atoms. The van der Waals surface area contributed by atoms with Gasteiger partial charge in [-0.25, -0.2) is 9.59 Å². The van der Waals surface area contributed by atoms with Gasteiger partial charge in [0.2, 0.25) is 5.88 Å². The van der Waals surface area contributed by atoms with Crippen molar-refractivity contribution in [2.75, 3.05) is 16.9 Å². The Morgan fingerprint density at radius 1 is 1.33 bits per heavy atom. The van der Waals surface area contributed by atoms with Crippen LogP contribution in [0.4, 0.5) is 17.4 Å². The minimum absolute atomic E-state index is 0.100. The molecule has 0 amide bonds. The van der Waals surface area contributed by atoms with Gasteiger partial charge in [-0.15, -0.1) is 0 Å². The lowest BCUT2D eigenvalue weighted by atomic mass is 10.2. The molecule has 8 heteroatoms. The molecule has 0 fully saturated rings. The number of hydrogen-bond acceptors (Lipinski definition) is 6. The number of aromatic nitrogens is 1. The van der Waals surface area contributed by atoms with Crippen LogP contribution in [0.2, 0.25) is 0 Å². The molecule has 0 atom stereocenters. The molecule has 2 aromatic rings. The summed E-state index contributed by atoms with van der Waals surface area (Å²) < 4.78 is 5.31. The molecule has 1 aromatic carbocycles. The fourth-order valence-electron chi connectivity index (χ4n) is 1.36. The van der Waals surface area contributed by atoms with Gasteiger partial charge in [-0.3, -0.25) is 0 Å². The van der Waals surface area contributed by atoms with E-state index in [2.05, 4.69) is 9.73 Å². The van der Waals surface area contributed by atoms with E-state index in [9.17, 15) is 9.59 Å². The van der Waals surface area contributed by atoms with Crippen molar-refractivity contribution in [3.05, 3.63) is 40.4 Å². The van der Waals surface area contributed by atoms with E-state index in [4.69, 9.17) is 16.7 Å². The maximum Gasteiger partial charge on any atom is 0.441 e. The van der Waals surface area contributed by atoms with Crippen LogP contribution in [-0.2, 0) is 0 Å². The lowest BCUT2D eigenvalue weighted by Crippen LogP contribution is -2.23. The van der Waals surface area contributed by atoms with Crippen LogP contribution >= 0.6 is 0 Å². The first-order valence-electron chi connectivity index (χ1n) is 4.86. The van der Waals surface area contributed by atoms with E-state index >= 15 is 0 Å². The second-order valence-electron chi connectivity index (χ2n) is 3.46. The van der Waals surface area contributed by atoms with Gasteiger partial charge in [-0.05, 0) is 24.3 Å². The lowest BCUT2D eigenvalue weighted by molar-refractivity contribution is 0.0697. The Kier molecular flexibility index (Phi) is 2.68. The summed E-state index contributed by atoms with van der Waals surface area (Å²) in [5, 5.41) is 11.5. The number of rotatable bonds is 3. The molecule has 0 unspecified atom stereocenters. The van der Waals surface area contributed by atoms with Crippen LogP contribution in [0.1, 0.15) is 10.4 Å². The smallest absolute Gasteiger partial charge is 0.441 e. The zero-order chi connectivity index (χ0) is 13.3. The van der Waals surface area contributed by atoms with Crippen LogP contribution in [0, 0.1) is 0 Å². The molecule has 1 heterocycles. The molecule has 0 saturated heterocycles. The largest absolute Gasteiger partial charge is 0.478 e. The van der Waals surface area contributed by atoms with Gasteiger partial charge in [0, 0.05) is 5.69 Å². The van der Waals surface area contributed by atoms with E-state index in [-0.39, 0.29) is 17.3 Å². The SMILES string of the molecule is Nc1oc(=O)n(N)c1Nc1ccc(C(=O)O)cc1. The van der Waals surface area contributed by atoms with Gasteiger partial charge < -0.3 is 26.4 Å². The molecule has 0 aliphatic rings. The Morgan fingerprint density at radius 2 is 1.94 bits per heavy atom. The molecule has 0 saturated carbocycles. The molecule has 6 N–H and O–H groups in total. The molecule has 2 rings (SSSR count). The topological polar surface area (TPSA) is 137 Å². The normalized spacial score (nSPS) is 10.2. The number of hydrogen-bond donors (Lipinski definition) is 4. The number of carboxylic acids is 1. The number of nitrogens with zero attached hydrogens (tertiary/aromatic N) is 1. The Morgan fingerprint density at radius 3 is 2.39 bits per heavy atom. The summed E-state index contributed by atoms with van der Waals surface area (Å²) in [5.74, 6) is 3.53. The standard InChI is InChI=1S/C10H10N4O4/c11-7-8(14(12)10(17)18-7)13-6-3-1-5(2-4-6)9(15)16/h1-4,13H,11-12H2,(H,15,16). The second-order valence-corrected chi connectivity index (χ2v) is 3.46. The Hall–Kier alpha value is -2.90. The summed E-state index contributed by atoms with van der Waals surface area (Å²) in [6.07, 6.45) is 0. The summed E-state index contributed by atoms with van der Waals surface area (Å²) in [4.78, 5) is 21.7. The molecular weight excluding hydrogens is 240 g/mol. The van der Waals surface area contributed by atoms with Gasteiger partial charge in [-0.2, -0.15) is 4.68 Å². The first kappa shape index (κ1) is 11.6. The lowest BCUT2D eigenvalue weighted by Gasteiger charge is -2.06. The van der Waals surface area contributed by atoms with E-state index in [0.717, 1.165) is 4.68 Å². The first-order valence-corrected chi connectivity index (χ1v) is 4.86. The summed E-state index contributed by atoms with van der Waals surface area (Å²) in [6.45, 7) is 0. The van der Waals surface area contributed by atoms with Crippen LogP contribution in [0.25, 0.3) is 0 Å². The number of carbonyl (C=O) groups is 1. The number of oxazole rings is 1. The van der Waals surface area contributed by atoms with Gasteiger partial charge in [0.15, 0.2) is 5.82 Å². The van der Waals surface area contributed by atoms with Crippen molar-refractivity contribution in [2.45, 2.75) is 0 Å². The summed E-state index contributed by atoms with van der Waals surface area (Å²) in [5.41, 5.74) is 6.11. The number of aromatic carboxylic acids is 1. The average Bonchev–Trinajstić information content (AvgIpc) is 2.57. The fourth-order valence-corrected chi connectivity index (χ4v) is 1.36. The first-order chi connectivity index (χ1) is 8.49. The van der Waals surface area contributed by atoms with Crippen LogP contribution in [-0.4, -0.2) is 15.8 Å². The van der Waals surface area contributed by atoms with Crippen molar-refractivity contribution in [3.8, 4) is 0 Å². The fraction of sp³-hybridized carbons (Fsp3) is 0. The maximum atomic E-state index is 11.1. The molecule has 0 aliphatic heterocycles. The zero-order valence-electron chi connectivity index (χ0n) is 9.08. The summed E-state index contributed by atoms with van der Waals surface area (Å²) in [6, 6.07) is 5.83. The van der Waals surface area contributed by atoms with Crippen molar-refractivity contribution in [1.29, 1.82) is 0 Å². The predicted octanol–water partition coefficient (Wildman–Crippen LogP) is 0.179. The number of nitrogens with two attached hydrogens (primary N) is 2. The zero-order valence-corrected chi connectivity index (χ0v) is 9.08. The summed E-state index contributed by atoms with van der Waals surface area (Å²) >= 11 is 0. The number of benzene rings is 1. The summed E-state index contributed by atoms with van der Waals surface area (Å²) in [7, 11) is 0. The van der Waals surface area contributed by atoms with Crippen molar-refractivity contribution in [1.82, 2.24) is 4.68 Å². The Labute approximate surface area is 100 Å². The van der Waals surface area contributed by atoms with Gasteiger partial charge in [-0.1, -0.05) is 0 Å². The third-order valence-corrected chi connectivity index (χ3v) is 2.26. The molecule has 0 radical (unpaired) electrons. The number of nitrogen functional groups attached to an aromatic ring is 2. The highest BCUT2D eigenvalue weighted by atomic mass is 16.4. The predicted molar refractivity (Wildman–Crippen MR) is 64.2 cm³/mol. The maximum absolute atomic E-state index is 11.1. The van der Waals surface area contributed by atoms with Crippen molar-refractivity contribution in [3.63, 3.8) is 0 Å². The third-order valence-electron chi connectivity index (χ3n) is 2.26. The minimum Gasteiger partial charge on any atom is -0.478 e. The Balaban J connectivity index is 2.29. The Bertz CT molecular complexity index is 641. The van der Waals surface area contributed by atoms with Crippen LogP contribution in [0.15, 0.2) is 33.5 Å². The minimum atomic E-state index is -1.03. The number of carboxylic acid groups (broad SMARTS) is 1. The second kappa shape index (κ2) is 4.17. The van der Waals surface area contributed by atoms with E-state index in [1.165, 1.54) is 24.3 Å². The molecule has 0 aliphatic carbocycles. The number of nitrogens with one attached hydrogen (secondary N) is 1. The van der Waals surface area contributed by atoms with E-state index < -0.39 is 11.7 Å². The van der Waals surface area contributed by atoms with E-state index in [1.54, 1.807) is 0 Å². The van der Waals surface area contributed by atoms with Gasteiger partial charge in [0.1, 0.15) is 0 Å². The van der Waals surface area contributed by atoms with Crippen LogP contribution < -0.4 is 22.6 Å². The third kappa shape index (κ3) is 1.98. The molecule has 1 aromatic heterocycles. The van der Waals surface area contributed by atoms with Crippen molar-refractivity contribution >= 4 is 23.4 Å².